The van der Waals surface area contributed by atoms with Crippen molar-refractivity contribution in [2.75, 3.05) is 0 Å². The van der Waals surface area contributed by atoms with Crippen molar-refractivity contribution in [2.24, 2.45) is 0 Å². The van der Waals surface area contributed by atoms with Gasteiger partial charge in [-0.05, 0) is 6.07 Å². The van der Waals surface area contributed by atoms with Crippen LogP contribution in [0, 0.1) is 0 Å². The molecule has 2 rings (SSSR count). The van der Waals surface area contributed by atoms with Crippen LogP contribution in [0.3, 0.4) is 0 Å². The quantitative estimate of drug-likeness (QED) is 0.767. The number of benzene rings is 2. The fourth-order valence-electron chi connectivity index (χ4n) is 1.75. The maximum Gasteiger partial charge on any atom is 0.573 e. The first-order valence-electron chi connectivity index (χ1n) is 5.51. The monoisotopic (exact) mass is 300 g/mol. The Morgan fingerprint density at radius 1 is 1.00 bits per heavy atom. The second-order valence-electron chi connectivity index (χ2n) is 3.87. The van der Waals surface area contributed by atoms with Gasteiger partial charge in [0, 0.05) is 16.7 Å². The highest BCUT2D eigenvalue weighted by Gasteiger charge is 2.32. The van der Waals surface area contributed by atoms with Gasteiger partial charge in [0.1, 0.15) is 5.75 Å². The predicted octanol–water partition coefficient (Wildman–Crippen LogP) is 4.72. The van der Waals surface area contributed by atoms with Crippen LogP contribution in [0.2, 0.25) is 5.02 Å². The van der Waals surface area contributed by atoms with Crippen molar-refractivity contribution in [1.29, 1.82) is 0 Å². The van der Waals surface area contributed by atoms with Gasteiger partial charge in [0.15, 0.2) is 6.29 Å². The topological polar surface area (TPSA) is 26.3 Å². The summed E-state index contributed by atoms with van der Waals surface area (Å²) in [6.45, 7) is 0. The number of alkyl halides is 3. The number of halogens is 4. The highest BCUT2D eigenvalue weighted by Crippen LogP contribution is 2.38. The zero-order valence-corrected chi connectivity index (χ0v) is 10.7. The first-order chi connectivity index (χ1) is 9.42. The molecule has 6 heteroatoms. The third-order valence-corrected chi connectivity index (χ3v) is 2.98. The van der Waals surface area contributed by atoms with Crippen LogP contribution in [0.1, 0.15) is 10.4 Å². The minimum absolute atomic E-state index is 0.0840. The number of hydrogen-bond donors (Lipinski definition) is 0. The summed E-state index contributed by atoms with van der Waals surface area (Å²) in [5.41, 5.74) is 0.667. The Morgan fingerprint density at radius 3 is 2.30 bits per heavy atom. The lowest BCUT2D eigenvalue weighted by Gasteiger charge is -2.14. The number of aldehydes is 1. The molecule has 2 aromatic rings. The molecule has 0 amide bonds. The van der Waals surface area contributed by atoms with Crippen LogP contribution < -0.4 is 4.74 Å². The molecule has 0 N–H and O–H groups in total. The highest BCUT2D eigenvalue weighted by atomic mass is 35.5. The Bertz CT molecular complexity index is 639. The van der Waals surface area contributed by atoms with Crippen LogP contribution in [0.15, 0.2) is 42.5 Å². The number of carbonyl (C=O) groups is 1. The van der Waals surface area contributed by atoms with Gasteiger partial charge in [-0.15, -0.1) is 13.2 Å². The Labute approximate surface area is 117 Å². The van der Waals surface area contributed by atoms with Gasteiger partial charge in [0.2, 0.25) is 0 Å². The third-order valence-electron chi connectivity index (χ3n) is 2.56. The maximum atomic E-state index is 12.4. The summed E-state index contributed by atoms with van der Waals surface area (Å²) in [6, 6.07) is 10.1. The van der Waals surface area contributed by atoms with E-state index in [0.29, 0.717) is 11.8 Å². The second-order valence-corrected chi connectivity index (χ2v) is 4.25. The van der Waals surface area contributed by atoms with Gasteiger partial charge < -0.3 is 4.74 Å². The smallest absolute Gasteiger partial charge is 0.405 e. The summed E-state index contributed by atoms with van der Waals surface area (Å²) in [5, 5.41) is 0.0840. The van der Waals surface area contributed by atoms with E-state index in [1.165, 1.54) is 36.4 Å². The largest absolute Gasteiger partial charge is 0.573 e. The molecule has 2 aromatic carbocycles. The first-order valence-corrected chi connectivity index (χ1v) is 5.89. The molecule has 0 radical (unpaired) electrons. The van der Waals surface area contributed by atoms with Gasteiger partial charge in [-0.25, -0.2) is 0 Å². The summed E-state index contributed by atoms with van der Waals surface area (Å²) < 4.78 is 41.1. The molecule has 0 atom stereocenters. The van der Waals surface area contributed by atoms with Crippen LogP contribution in [0.25, 0.3) is 11.1 Å². The summed E-state index contributed by atoms with van der Waals surface area (Å²) in [7, 11) is 0. The van der Waals surface area contributed by atoms with Crippen LogP contribution in [-0.4, -0.2) is 12.6 Å². The third kappa shape index (κ3) is 3.11. The molecule has 20 heavy (non-hydrogen) atoms. The van der Waals surface area contributed by atoms with Gasteiger partial charge in [0.25, 0.3) is 0 Å². The van der Waals surface area contributed by atoms with Crippen molar-refractivity contribution in [1.82, 2.24) is 0 Å². The Morgan fingerprint density at radius 2 is 1.65 bits per heavy atom. The van der Waals surface area contributed by atoms with Crippen molar-refractivity contribution < 1.29 is 22.7 Å². The second kappa shape index (κ2) is 5.54. The molecule has 0 aliphatic carbocycles. The van der Waals surface area contributed by atoms with Crippen molar-refractivity contribution in [3.8, 4) is 16.9 Å². The standard InChI is InChI=1S/C14H8ClF3O2/c15-13-9(8-19)4-3-6-11(13)10-5-1-2-7-12(10)20-14(16,17)18/h1-8H. The lowest BCUT2D eigenvalue weighted by molar-refractivity contribution is -0.274. The molecule has 104 valence electrons. The number of para-hydroxylation sites is 1. The van der Waals surface area contributed by atoms with E-state index in [0.717, 1.165) is 0 Å². The van der Waals surface area contributed by atoms with Gasteiger partial charge in [0.05, 0.1) is 5.02 Å². The molecule has 0 unspecified atom stereocenters. The zero-order chi connectivity index (χ0) is 14.8. The Hall–Kier alpha value is -2.01. The van der Waals surface area contributed by atoms with Crippen LogP contribution in [0.4, 0.5) is 13.2 Å². The van der Waals surface area contributed by atoms with E-state index in [1.807, 2.05) is 0 Å². The SMILES string of the molecule is O=Cc1cccc(-c2ccccc2OC(F)(F)F)c1Cl. The van der Waals surface area contributed by atoms with Gasteiger partial charge in [-0.3, -0.25) is 4.79 Å². The molecule has 0 saturated carbocycles. The summed E-state index contributed by atoms with van der Waals surface area (Å²) in [5.74, 6) is -0.370. The fraction of sp³-hybridized carbons (Fsp3) is 0.0714. The van der Waals surface area contributed by atoms with Crippen molar-refractivity contribution in [2.45, 2.75) is 6.36 Å². The zero-order valence-electron chi connectivity index (χ0n) is 9.95. The minimum Gasteiger partial charge on any atom is -0.405 e. The van der Waals surface area contributed by atoms with Crippen molar-refractivity contribution in [3.05, 3.63) is 53.1 Å². The van der Waals surface area contributed by atoms with E-state index < -0.39 is 6.36 Å². The van der Waals surface area contributed by atoms with Crippen LogP contribution >= 0.6 is 11.6 Å². The number of rotatable bonds is 3. The average Bonchev–Trinajstić information content (AvgIpc) is 2.38. The van der Waals surface area contributed by atoms with Crippen LogP contribution in [0.5, 0.6) is 5.75 Å². The molecular weight excluding hydrogens is 293 g/mol. The summed E-state index contributed by atoms with van der Waals surface area (Å²) in [4.78, 5) is 10.8. The molecule has 0 fully saturated rings. The molecule has 0 bridgehead atoms. The van der Waals surface area contributed by atoms with Gasteiger partial charge in [-0.2, -0.15) is 0 Å². The molecule has 0 aliphatic heterocycles. The van der Waals surface area contributed by atoms with E-state index in [1.54, 1.807) is 6.07 Å². The Kier molecular flexibility index (Phi) is 3.99. The molecule has 0 aromatic heterocycles. The molecule has 2 nitrogen and oxygen atoms in total. The number of ether oxygens (including phenoxy) is 1. The van der Waals surface area contributed by atoms with E-state index in [-0.39, 0.29) is 21.9 Å². The number of hydrogen-bond acceptors (Lipinski definition) is 2. The van der Waals surface area contributed by atoms with Crippen LogP contribution in [-0.2, 0) is 0 Å². The maximum absolute atomic E-state index is 12.4. The van der Waals surface area contributed by atoms with E-state index in [9.17, 15) is 18.0 Å². The Balaban J connectivity index is 2.56. The predicted molar refractivity (Wildman–Crippen MR) is 69.0 cm³/mol. The lowest BCUT2D eigenvalue weighted by Crippen LogP contribution is -2.17. The average molecular weight is 301 g/mol. The first kappa shape index (κ1) is 14.4. The molecular formula is C14H8ClF3O2. The van der Waals surface area contributed by atoms with E-state index >= 15 is 0 Å². The van der Waals surface area contributed by atoms with E-state index in [4.69, 9.17) is 11.6 Å². The number of carbonyl (C=O) groups excluding carboxylic acids is 1. The normalized spacial score (nSPS) is 11.2. The van der Waals surface area contributed by atoms with E-state index in [2.05, 4.69) is 4.74 Å². The lowest BCUT2D eigenvalue weighted by atomic mass is 10.0. The van der Waals surface area contributed by atoms with Crippen molar-refractivity contribution >= 4 is 17.9 Å². The molecule has 0 spiro atoms. The minimum atomic E-state index is -4.80. The van der Waals surface area contributed by atoms with Gasteiger partial charge >= 0.3 is 6.36 Å². The van der Waals surface area contributed by atoms with Crippen molar-refractivity contribution in [3.63, 3.8) is 0 Å². The van der Waals surface area contributed by atoms with Gasteiger partial charge in [-0.1, -0.05) is 48.0 Å². The fourth-order valence-corrected chi connectivity index (χ4v) is 2.02. The summed E-state index contributed by atoms with van der Waals surface area (Å²) >= 11 is 6.02. The summed E-state index contributed by atoms with van der Waals surface area (Å²) in [6.07, 6.45) is -4.26. The molecule has 0 saturated heterocycles. The molecule has 0 heterocycles. The molecule has 0 aliphatic rings. The highest BCUT2D eigenvalue weighted by molar-refractivity contribution is 6.35.